The van der Waals surface area contributed by atoms with Crippen LogP contribution in [-0.2, 0) is 14.8 Å². The van der Waals surface area contributed by atoms with E-state index < -0.39 is 21.9 Å². The monoisotopic (exact) mass is 308 g/mol. The highest BCUT2D eigenvalue weighted by Gasteiger charge is 2.32. The van der Waals surface area contributed by atoms with Crippen molar-refractivity contribution in [1.82, 2.24) is 4.72 Å². The van der Waals surface area contributed by atoms with Crippen LogP contribution in [0.5, 0.6) is 0 Å². The Morgan fingerprint density at radius 3 is 2.67 bits per heavy atom. The summed E-state index contributed by atoms with van der Waals surface area (Å²) < 4.78 is 27.2. The summed E-state index contributed by atoms with van der Waals surface area (Å²) in [5, 5.41) is 17.7. The van der Waals surface area contributed by atoms with E-state index in [-0.39, 0.29) is 10.9 Å². The molecule has 0 saturated heterocycles. The van der Waals surface area contributed by atoms with Crippen LogP contribution in [0.15, 0.2) is 23.1 Å². The molecule has 0 bridgehead atoms. The number of aliphatic carboxylic acids is 1. The van der Waals surface area contributed by atoms with E-state index in [1.54, 1.807) is 6.92 Å². The Morgan fingerprint density at radius 2 is 2.14 bits per heavy atom. The second-order valence-electron chi connectivity index (χ2n) is 5.26. The quantitative estimate of drug-likeness (QED) is 0.874. The standard InChI is InChI=1S/C14H16N2O4S/c1-9-6-10(8-15)2-5-13(9)21(19,20)16-12-4-3-11(7-12)14(17)18/h2,5-6,11-12,16H,3-4,7H2,1H3,(H,17,18)/t11-,12+/m1/s1. The molecule has 0 amide bonds. The molecular weight excluding hydrogens is 292 g/mol. The highest BCUT2D eigenvalue weighted by atomic mass is 32.2. The Kier molecular flexibility index (Phi) is 4.30. The highest BCUT2D eigenvalue weighted by Crippen LogP contribution is 2.27. The average molecular weight is 308 g/mol. The van der Waals surface area contributed by atoms with Gasteiger partial charge in [0.25, 0.3) is 0 Å². The minimum absolute atomic E-state index is 0.125. The molecule has 7 heteroatoms. The van der Waals surface area contributed by atoms with Crippen LogP contribution >= 0.6 is 0 Å². The van der Waals surface area contributed by atoms with Gasteiger partial charge in [0.05, 0.1) is 22.4 Å². The molecule has 21 heavy (non-hydrogen) atoms. The Morgan fingerprint density at radius 1 is 1.43 bits per heavy atom. The van der Waals surface area contributed by atoms with Crippen molar-refractivity contribution in [2.45, 2.75) is 37.1 Å². The summed E-state index contributed by atoms with van der Waals surface area (Å²) in [7, 11) is -3.70. The predicted octanol–water partition coefficient (Wildman–Crippen LogP) is 1.40. The van der Waals surface area contributed by atoms with Gasteiger partial charge in [-0.2, -0.15) is 5.26 Å². The lowest BCUT2D eigenvalue weighted by Gasteiger charge is -2.14. The second kappa shape index (κ2) is 5.84. The molecule has 2 rings (SSSR count). The van der Waals surface area contributed by atoms with E-state index in [9.17, 15) is 13.2 Å². The summed E-state index contributed by atoms with van der Waals surface area (Å²) in [5.74, 6) is -1.37. The normalized spacial score (nSPS) is 21.9. The summed E-state index contributed by atoms with van der Waals surface area (Å²) >= 11 is 0. The average Bonchev–Trinajstić information content (AvgIpc) is 2.86. The number of nitrogens with one attached hydrogen (secondary N) is 1. The molecule has 1 saturated carbocycles. The Balaban J connectivity index is 2.17. The van der Waals surface area contributed by atoms with E-state index in [0.717, 1.165) is 0 Å². The number of nitriles is 1. The minimum atomic E-state index is -3.70. The first kappa shape index (κ1) is 15.5. The molecule has 0 aliphatic heterocycles. The maximum Gasteiger partial charge on any atom is 0.306 e. The van der Waals surface area contributed by atoms with Crippen molar-refractivity contribution in [1.29, 1.82) is 5.26 Å². The molecule has 0 heterocycles. The van der Waals surface area contributed by atoms with Crippen LogP contribution in [0.25, 0.3) is 0 Å². The molecule has 0 spiro atoms. The van der Waals surface area contributed by atoms with Crippen LogP contribution < -0.4 is 4.72 Å². The van der Waals surface area contributed by atoms with Crippen LogP contribution in [0.1, 0.15) is 30.4 Å². The molecule has 0 aromatic heterocycles. The summed E-state index contributed by atoms with van der Waals surface area (Å²) in [6, 6.07) is 5.98. The highest BCUT2D eigenvalue weighted by molar-refractivity contribution is 7.89. The third-order valence-corrected chi connectivity index (χ3v) is 5.38. The van der Waals surface area contributed by atoms with Crippen molar-refractivity contribution < 1.29 is 18.3 Å². The van der Waals surface area contributed by atoms with Gasteiger partial charge in [-0.05, 0) is 49.9 Å². The lowest BCUT2D eigenvalue weighted by atomic mass is 10.1. The van der Waals surface area contributed by atoms with Crippen molar-refractivity contribution in [2.24, 2.45) is 5.92 Å². The fourth-order valence-electron chi connectivity index (χ4n) is 2.62. The van der Waals surface area contributed by atoms with E-state index in [2.05, 4.69) is 4.72 Å². The number of rotatable bonds is 4. The summed E-state index contributed by atoms with van der Waals surface area (Å²) in [6.07, 6.45) is 1.31. The number of carboxylic acids is 1. The number of carbonyl (C=O) groups is 1. The maximum atomic E-state index is 12.3. The molecule has 1 aliphatic carbocycles. The fourth-order valence-corrected chi connectivity index (χ4v) is 4.13. The van der Waals surface area contributed by atoms with Crippen molar-refractivity contribution >= 4 is 16.0 Å². The maximum absolute atomic E-state index is 12.3. The summed E-state index contributed by atoms with van der Waals surface area (Å²) in [6.45, 7) is 1.63. The topological polar surface area (TPSA) is 107 Å². The van der Waals surface area contributed by atoms with E-state index in [0.29, 0.717) is 30.4 Å². The minimum Gasteiger partial charge on any atom is -0.481 e. The van der Waals surface area contributed by atoms with E-state index in [1.165, 1.54) is 18.2 Å². The lowest BCUT2D eigenvalue weighted by molar-refractivity contribution is -0.141. The first-order valence-corrected chi connectivity index (χ1v) is 8.07. The van der Waals surface area contributed by atoms with Gasteiger partial charge in [0.2, 0.25) is 10.0 Å². The first-order chi connectivity index (χ1) is 9.83. The van der Waals surface area contributed by atoms with Crippen LogP contribution in [0.4, 0.5) is 0 Å². The lowest BCUT2D eigenvalue weighted by Crippen LogP contribution is -2.33. The molecule has 1 aromatic carbocycles. The molecule has 0 radical (unpaired) electrons. The van der Waals surface area contributed by atoms with Crippen molar-refractivity contribution in [3.63, 3.8) is 0 Å². The van der Waals surface area contributed by atoms with Crippen LogP contribution in [0.3, 0.4) is 0 Å². The SMILES string of the molecule is Cc1cc(C#N)ccc1S(=O)(=O)N[C@H]1CC[C@@H](C(=O)O)C1. The molecule has 1 fully saturated rings. The smallest absolute Gasteiger partial charge is 0.306 e. The number of hydrogen-bond acceptors (Lipinski definition) is 4. The van der Waals surface area contributed by atoms with Gasteiger partial charge >= 0.3 is 5.97 Å². The molecule has 1 aromatic rings. The zero-order chi connectivity index (χ0) is 15.6. The second-order valence-corrected chi connectivity index (χ2v) is 6.94. The molecule has 1 aliphatic rings. The predicted molar refractivity (Wildman–Crippen MR) is 75.0 cm³/mol. The zero-order valence-electron chi connectivity index (χ0n) is 11.5. The van der Waals surface area contributed by atoms with E-state index >= 15 is 0 Å². The number of aryl methyl sites for hydroxylation is 1. The molecule has 2 N–H and O–H groups in total. The van der Waals surface area contributed by atoms with Crippen LogP contribution in [0.2, 0.25) is 0 Å². The van der Waals surface area contributed by atoms with Crippen molar-refractivity contribution in [3.8, 4) is 6.07 Å². The zero-order valence-corrected chi connectivity index (χ0v) is 12.4. The summed E-state index contributed by atoms with van der Waals surface area (Å²) in [5.41, 5.74) is 0.896. The molecule has 2 atom stereocenters. The van der Waals surface area contributed by atoms with Gasteiger partial charge in [-0.25, -0.2) is 13.1 Å². The van der Waals surface area contributed by atoms with Gasteiger partial charge in [-0.15, -0.1) is 0 Å². The van der Waals surface area contributed by atoms with Crippen molar-refractivity contribution in [3.05, 3.63) is 29.3 Å². The molecule has 0 unspecified atom stereocenters. The van der Waals surface area contributed by atoms with Gasteiger partial charge in [-0.3, -0.25) is 4.79 Å². The Labute approximate surface area is 123 Å². The van der Waals surface area contributed by atoms with Crippen LogP contribution in [0, 0.1) is 24.2 Å². The number of hydrogen-bond donors (Lipinski definition) is 2. The number of carboxylic acid groups (broad SMARTS) is 1. The number of sulfonamides is 1. The summed E-state index contributed by atoms with van der Waals surface area (Å²) in [4.78, 5) is 11.0. The Bertz CT molecular complexity index is 706. The van der Waals surface area contributed by atoms with E-state index in [1.807, 2.05) is 6.07 Å². The fraction of sp³-hybridized carbons (Fsp3) is 0.429. The molecular formula is C14H16N2O4S. The van der Waals surface area contributed by atoms with E-state index in [4.69, 9.17) is 10.4 Å². The third kappa shape index (κ3) is 3.40. The molecule has 112 valence electrons. The molecule has 6 nitrogen and oxygen atoms in total. The van der Waals surface area contributed by atoms with Gasteiger partial charge in [0.15, 0.2) is 0 Å². The van der Waals surface area contributed by atoms with Gasteiger partial charge in [-0.1, -0.05) is 0 Å². The van der Waals surface area contributed by atoms with Gasteiger partial charge in [0.1, 0.15) is 0 Å². The van der Waals surface area contributed by atoms with Gasteiger partial charge < -0.3 is 5.11 Å². The largest absolute Gasteiger partial charge is 0.481 e. The first-order valence-electron chi connectivity index (χ1n) is 6.59. The van der Waals surface area contributed by atoms with Crippen LogP contribution in [-0.4, -0.2) is 25.5 Å². The number of benzene rings is 1. The van der Waals surface area contributed by atoms with Gasteiger partial charge in [0, 0.05) is 6.04 Å². The third-order valence-electron chi connectivity index (χ3n) is 3.70. The Hall–Kier alpha value is -1.91. The van der Waals surface area contributed by atoms with Crippen molar-refractivity contribution in [2.75, 3.05) is 0 Å². The number of nitrogens with zero attached hydrogens (tertiary/aromatic N) is 1.